The number of hydrogen-bond donors (Lipinski definition) is 1. The van der Waals surface area contributed by atoms with Gasteiger partial charge in [0.25, 0.3) is 0 Å². The van der Waals surface area contributed by atoms with Crippen molar-refractivity contribution < 1.29 is 19.4 Å². The van der Waals surface area contributed by atoms with Crippen LogP contribution < -0.4 is 0 Å². The Bertz CT molecular complexity index is 142. The third-order valence-corrected chi connectivity index (χ3v) is 1.54. The second-order valence-corrected chi connectivity index (χ2v) is 2.68. The smallest absolute Gasteiger partial charge is 0.305 e. The van der Waals surface area contributed by atoms with Crippen LogP contribution in [0.3, 0.4) is 0 Å². The Labute approximate surface area is 72.5 Å². The standard InChI is InChI=1S/C8H16O4/c1-4-12-7(9)5-6-8(2,10)11-3/h10H,4-6H2,1-3H3. The van der Waals surface area contributed by atoms with E-state index in [2.05, 4.69) is 4.74 Å². The molecule has 4 nitrogen and oxygen atoms in total. The van der Waals surface area contributed by atoms with Crippen LogP contribution in [0.1, 0.15) is 26.7 Å². The lowest BCUT2D eigenvalue weighted by Crippen LogP contribution is -2.27. The summed E-state index contributed by atoms with van der Waals surface area (Å²) in [5.41, 5.74) is 0. The second-order valence-electron chi connectivity index (χ2n) is 2.68. The van der Waals surface area contributed by atoms with Crippen molar-refractivity contribution in [1.82, 2.24) is 0 Å². The zero-order valence-electron chi connectivity index (χ0n) is 7.79. The minimum Gasteiger partial charge on any atom is -0.466 e. The topological polar surface area (TPSA) is 55.8 Å². The maximum Gasteiger partial charge on any atom is 0.305 e. The molecule has 4 heteroatoms. The minimum absolute atomic E-state index is 0.175. The van der Waals surface area contributed by atoms with E-state index in [0.29, 0.717) is 6.61 Å². The van der Waals surface area contributed by atoms with Gasteiger partial charge in [0.15, 0.2) is 5.79 Å². The Morgan fingerprint density at radius 1 is 1.58 bits per heavy atom. The summed E-state index contributed by atoms with van der Waals surface area (Å²) in [4.78, 5) is 10.8. The zero-order valence-corrected chi connectivity index (χ0v) is 7.79. The van der Waals surface area contributed by atoms with Crippen molar-refractivity contribution in [2.45, 2.75) is 32.5 Å². The first kappa shape index (κ1) is 11.4. The van der Waals surface area contributed by atoms with Gasteiger partial charge in [-0.1, -0.05) is 0 Å². The molecular weight excluding hydrogens is 160 g/mol. The van der Waals surface area contributed by atoms with Crippen LogP contribution in [-0.2, 0) is 14.3 Å². The van der Waals surface area contributed by atoms with E-state index in [1.165, 1.54) is 14.0 Å². The predicted octanol–water partition coefficient (Wildman–Crippen LogP) is 0.685. The van der Waals surface area contributed by atoms with Crippen LogP contribution in [-0.4, -0.2) is 30.6 Å². The average molecular weight is 176 g/mol. The molecule has 0 aliphatic carbocycles. The molecule has 0 spiro atoms. The number of carbonyl (C=O) groups is 1. The van der Waals surface area contributed by atoms with Gasteiger partial charge in [-0.2, -0.15) is 0 Å². The van der Waals surface area contributed by atoms with Gasteiger partial charge < -0.3 is 14.6 Å². The van der Waals surface area contributed by atoms with Crippen molar-refractivity contribution in [2.24, 2.45) is 0 Å². The van der Waals surface area contributed by atoms with Crippen LogP contribution >= 0.6 is 0 Å². The van der Waals surface area contributed by atoms with E-state index in [4.69, 9.17) is 4.74 Å². The lowest BCUT2D eigenvalue weighted by Gasteiger charge is -2.20. The van der Waals surface area contributed by atoms with Crippen molar-refractivity contribution >= 4 is 5.97 Å². The molecule has 0 aromatic carbocycles. The number of aliphatic hydroxyl groups is 1. The van der Waals surface area contributed by atoms with E-state index in [-0.39, 0.29) is 18.8 Å². The first-order valence-corrected chi connectivity index (χ1v) is 3.95. The molecule has 1 N–H and O–H groups in total. The molecular formula is C8H16O4. The van der Waals surface area contributed by atoms with E-state index in [1.807, 2.05) is 0 Å². The lowest BCUT2D eigenvalue weighted by molar-refractivity contribution is -0.180. The molecule has 0 heterocycles. The van der Waals surface area contributed by atoms with E-state index >= 15 is 0 Å². The molecule has 0 aliphatic heterocycles. The van der Waals surface area contributed by atoms with Gasteiger partial charge in [0, 0.05) is 13.5 Å². The third kappa shape index (κ3) is 5.09. The first-order valence-electron chi connectivity index (χ1n) is 3.95. The summed E-state index contributed by atoms with van der Waals surface area (Å²) in [5.74, 6) is -1.54. The fourth-order valence-electron chi connectivity index (χ4n) is 0.669. The van der Waals surface area contributed by atoms with Crippen LogP contribution in [0, 0.1) is 0 Å². The Balaban J connectivity index is 3.60. The molecule has 0 amide bonds. The number of carbonyl (C=O) groups excluding carboxylic acids is 1. The number of ether oxygens (including phenoxy) is 2. The number of methoxy groups -OCH3 is 1. The van der Waals surface area contributed by atoms with Gasteiger partial charge in [0.1, 0.15) is 0 Å². The van der Waals surface area contributed by atoms with Gasteiger partial charge in [-0.3, -0.25) is 4.79 Å². The SMILES string of the molecule is CCOC(=O)CCC(C)(O)OC. The first-order chi connectivity index (χ1) is 5.52. The Kier molecular flexibility index (Phi) is 4.85. The molecule has 0 aliphatic rings. The molecule has 0 saturated carbocycles. The van der Waals surface area contributed by atoms with E-state index < -0.39 is 5.79 Å². The molecule has 0 radical (unpaired) electrons. The molecule has 0 fully saturated rings. The van der Waals surface area contributed by atoms with Crippen molar-refractivity contribution in [3.05, 3.63) is 0 Å². The highest BCUT2D eigenvalue weighted by atomic mass is 16.6. The molecule has 0 bridgehead atoms. The van der Waals surface area contributed by atoms with Gasteiger partial charge in [-0.15, -0.1) is 0 Å². The Morgan fingerprint density at radius 3 is 2.58 bits per heavy atom. The summed E-state index contributed by atoms with van der Waals surface area (Å²) < 4.78 is 9.39. The average Bonchev–Trinajstić information content (AvgIpc) is 2.02. The molecule has 0 saturated heterocycles. The molecule has 0 rings (SSSR count). The van der Waals surface area contributed by atoms with E-state index in [1.54, 1.807) is 6.92 Å². The quantitative estimate of drug-likeness (QED) is 0.494. The monoisotopic (exact) mass is 176 g/mol. The molecule has 1 atom stereocenters. The molecule has 0 aromatic heterocycles. The van der Waals surface area contributed by atoms with Crippen LogP contribution in [0.2, 0.25) is 0 Å². The Hall–Kier alpha value is -0.610. The minimum atomic E-state index is -1.23. The zero-order chi connectivity index (χ0) is 9.61. The molecule has 0 aromatic rings. The fraction of sp³-hybridized carbons (Fsp3) is 0.875. The van der Waals surface area contributed by atoms with Crippen molar-refractivity contribution in [1.29, 1.82) is 0 Å². The second kappa shape index (κ2) is 5.11. The fourth-order valence-corrected chi connectivity index (χ4v) is 0.669. The van der Waals surface area contributed by atoms with Gasteiger partial charge in [-0.25, -0.2) is 0 Å². The van der Waals surface area contributed by atoms with Crippen molar-refractivity contribution in [2.75, 3.05) is 13.7 Å². The lowest BCUT2D eigenvalue weighted by atomic mass is 10.2. The maximum absolute atomic E-state index is 10.8. The molecule has 1 unspecified atom stereocenters. The van der Waals surface area contributed by atoms with Crippen molar-refractivity contribution in [3.63, 3.8) is 0 Å². The third-order valence-electron chi connectivity index (χ3n) is 1.54. The van der Waals surface area contributed by atoms with E-state index in [0.717, 1.165) is 0 Å². The van der Waals surface area contributed by atoms with Crippen LogP contribution in [0.15, 0.2) is 0 Å². The largest absolute Gasteiger partial charge is 0.466 e. The number of rotatable bonds is 5. The van der Waals surface area contributed by atoms with Gasteiger partial charge in [-0.05, 0) is 13.8 Å². The summed E-state index contributed by atoms with van der Waals surface area (Å²) in [6, 6.07) is 0. The highest BCUT2D eigenvalue weighted by molar-refractivity contribution is 5.69. The van der Waals surface area contributed by atoms with Crippen LogP contribution in [0.25, 0.3) is 0 Å². The van der Waals surface area contributed by atoms with Crippen molar-refractivity contribution in [3.8, 4) is 0 Å². The van der Waals surface area contributed by atoms with Crippen LogP contribution in [0.5, 0.6) is 0 Å². The number of esters is 1. The summed E-state index contributed by atoms with van der Waals surface area (Å²) in [5, 5.41) is 9.31. The molecule has 12 heavy (non-hydrogen) atoms. The summed E-state index contributed by atoms with van der Waals surface area (Å²) >= 11 is 0. The van der Waals surface area contributed by atoms with Gasteiger partial charge in [0.2, 0.25) is 0 Å². The summed E-state index contributed by atoms with van der Waals surface area (Å²) in [6.45, 7) is 3.62. The van der Waals surface area contributed by atoms with Gasteiger partial charge in [0.05, 0.1) is 13.0 Å². The predicted molar refractivity (Wildman–Crippen MR) is 43.5 cm³/mol. The van der Waals surface area contributed by atoms with E-state index in [9.17, 15) is 9.90 Å². The number of hydrogen-bond acceptors (Lipinski definition) is 4. The highest BCUT2D eigenvalue weighted by Gasteiger charge is 2.20. The highest BCUT2D eigenvalue weighted by Crippen LogP contribution is 2.12. The summed E-state index contributed by atoms with van der Waals surface area (Å²) in [6.07, 6.45) is 0.428. The normalized spacial score (nSPS) is 15.3. The summed E-state index contributed by atoms with van der Waals surface area (Å²) in [7, 11) is 1.39. The van der Waals surface area contributed by atoms with Crippen LogP contribution in [0.4, 0.5) is 0 Å². The maximum atomic E-state index is 10.8. The molecule has 72 valence electrons. The Morgan fingerprint density at radius 2 is 2.17 bits per heavy atom. The van der Waals surface area contributed by atoms with Gasteiger partial charge >= 0.3 is 5.97 Å².